The Labute approximate surface area is 153 Å². The minimum Gasteiger partial charge on any atom is -0.399 e. The van der Waals surface area contributed by atoms with Crippen molar-refractivity contribution in [2.45, 2.75) is 26.9 Å². The first kappa shape index (κ1) is 23.4. The predicted molar refractivity (Wildman–Crippen MR) is 95.2 cm³/mol. The summed E-state index contributed by atoms with van der Waals surface area (Å²) in [4.78, 5) is 20.4. The SMILES string of the molecule is CC.Cc1ccc(N)cc1[N+](=O)[O-].O=C(Cl)c1cccc(C(F)(F)F)c1. The Balaban J connectivity index is 0.000000444. The third kappa shape index (κ3) is 7.52. The number of nitrogens with two attached hydrogens (primary N) is 1. The van der Waals surface area contributed by atoms with Crippen molar-refractivity contribution in [3.63, 3.8) is 0 Å². The number of halogens is 4. The van der Waals surface area contributed by atoms with Crippen LogP contribution < -0.4 is 5.73 Å². The third-order valence-corrected chi connectivity index (χ3v) is 3.06. The molecule has 0 amide bonds. The lowest BCUT2D eigenvalue weighted by Crippen LogP contribution is -2.05. The smallest absolute Gasteiger partial charge is 0.399 e. The van der Waals surface area contributed by atoms with Gasteiger partial charge in [0, 0.05) is 22.9 Å². The first-order valence-corrected chi connectivity index (χ1v) is 7.77. The fourth-order valence-electron chi connectivity index (χ4n) is 1.64. The van der Waals surface area contributed by atoms with E-state index in [0.717, 1.165) is 18.2 Å². The van der Waals surface area contributed by atoms with Gasteiger partial charge in [-0.2, -0.15) is 13.2 Å². The molecule has 9 heteroatoms. The number of carbonyl (C=O) groups is 1. The number of benzene rings is 2. The molecule has 2 aromatic carbocycles. The lowest BCUT2D eigenvalue weighted by molar-refractivity contribution is -0.385. The van der Waals surface area contributed by atoms with Crippen molar-refractivity contribution >= 4 is 28.2 Å². The number of anilines is 1. The molecule has 0 bridgehead atoms. The van der Waals surface area contributed by atoms with E-state index >= 15 is 0 Å². The van der Waals surface area contributed by atoms with E-state index in [0.29, 0.717) is 11.3 Å². The molecule has 26 heavy (non-hydrogen) atoms. The van der Waals surface area contributed by atoms with E-state index in [9.17, 15) is 28.1 Å². The monoisotopic (exact) mass is 390 g/mol. The van der Waals surface area contributed by atoms with Crippen LogP contribution in [-0.2, 0) is 6.18 Å². The molecule has 0 fully saturated rings. The number of nitrogens with zero attached hydrogens (tertiary/aromatic N) is 1. The topological polar surface area (TPSA) is 86.2 Å². The van der Waals surface area contributed by atoms with Crippen molar-refractivity contribution in [1.29, 1.82) is 0 Å². The van der Waals surface area contributed by atoms with Crippen molar-refractivity contribution in [3.05, 3.63) is 69.3 Å². The molecule has 0 heterocycles. The molecule has 142 valence electrons. The molecule has 0 radical (unpaired) electrons. The maximum atomic E-state index is 12.1. The summed E-state index contributed by atoms with van der Waals surface area (Å²) in [5, 5.41) is 9.43. The summed E-state index contributed by atoms with van der Waals surface area (Å²) in [6.45, 7) is 5.68. The molecule has 2 aromatic rings. The van der Waals surface area contributed by atoms with Crippen LogP contribution in [0.15, 0.2) is 42.5 Å². The lowest BCUT2D eigenvalue weighted by Gasteiger charge is -2.06. The molecule has 0 aliphatic heterocycles. The molecule has 0 saturated heterocycles. The highest BCUT2D eigenvalue weighted by Gasteiger charge is 2.30. The van der Waals surface area contributed by atoms with Gasteiger partial charge in [0.2, 0.25) is 0 Å². The lowest BCUT2D eigenvalue weighted by atomic mass is 10.1. The van der Waals surface area contributed by atoms with Crippen LogP contribution in [0.1, 0.15) is 35.3 Å². The Kier molecular flexibility index (Phi) is 9.35. The number of hydrogen-bond acceptors (Lipinski definition) is 4. The van der Waals surface area contributed by atoms with Crippen molar-refractivity contribution in [3.8, 4) is 0 Å². The maximum absolute atomic E-state index is 12.1. The number of nitro groups is 1. The summed E-state index contributed by atoms with van der Waals surface area (Å²) in [6.07, 6.45) is -4.44. The Hall–Kier alpha value is -2.61. The van der Waals surface area contributed by atoms with Crippen LogP contribution in [0.25, 0.3) is 0 Å². The number of carbonyl (C=O) groups excluding carboxylic acids is 1. The zero-order valence-corrected chi connectivity index (χ0v) is 15.1. The summed E-state index contributed by atoms with van der Waals surface area (Å²) in [5.74, 6) is 0. The summed E-state index contributed by atoms with van der Waals surface area (Å²) >= 11 is 5.02. The van der Waals surface area contributed by atoms with Crippen LogP contribution in [0.5, 0.6) is 0 Å². The fourth-order valence-corrected chi connectivity index (χ4v) is 1.76. The first-order valence-electron chi connectivity index (χ1n) is 7.40. The Bertz CT molecular complexity index is 765. The van der Waals surface area contributed by atoms with Gasteiger partial charge in [-0.05, 0) is 36.7 Å². The Morgan fingerprint density at radius 3 is 2.15 bits per heavy atom. The van der Waals surface area contributed by atoms with Crippen molar-refractivity contribution in [2.24, 2.45) is 0 Å². The highest BCUT2D eigenvalue weighted by atomic mass is 35.5. The summed E-state index contributed by atoms with van der Waals surface area (Å²) in [5.41, 5.74) is 5.45. The normalized spacial score (nSPS) is 9.96. The van der Waals surface area contributed by atoms with Gasteiger partial charge < -0.3 is 5.73 Å². The molecule has 0 saturated carbocycles. The molecule has 2 N–H and O–H groups in total. The van der Waals surface area contributed by atoms with Gasteiger partial charge in [-0.1, -0.05) is 32.0 Å². The van der Waals surface area contributed by atoms with E-state index in [2.05, 4.69) is 0 Å². The van der Waals surface area contributed by atoms with Gasteiger partial charge in [0.05, 0.1) is 10.5 Å². The zero-order chi connectivity index (χ0) is 20.5. The van der Waals surface area contributed by atoms with Gasteiger partial charge in [0.25, 0.3) is 10.9 Å². The zero-order valence-electron chi connectivity index (χ0n) is 14.3. The fraction of sp³-hybridized carbons (Fsp3) is 0.235. The minimum atomic E-state index is -4.44. The summed E-state index contributed by atoms with van der Waals surface area (Å²) in [6, 6.07) is 8.59. The second-order valence-corrected chi connectivity index (χ2v) is 5.00. The first-order chi connectivity index (χ1) is 12.0. The highest BCUT2D eigenvalue weighted by Crippen LogP contribution is 2.29. The van der Waals surface area contributed by atoms with Gasteiger partial charge in [-0.3, -0.25) is 14.9 Å². The quantitative estimate of drug-likeness (QED) is 0.313. The number of alkyl halides is 3. The predicted octanol–water partition coefficient (Wildman–Crippen LogP) is 5.60. The number of nitro benzene ring substituents is 1. The van der Waals surface area contributed by atoms with Crippen molar-refractivity contribution < 1.29 is 22.9 Å². The molecule has 5 nitrogen and oxygen atoms in total. The van der Waals surface area contributed by atoms with Crippen molar-refractivity contribution in [2.75, 3.05) is 5.73 Å². The molecule has 2 rings (SSSR count). The molecule has 0 aromatic heterocycles. The molecule has 0 spiro atoms. The van der Waals surface area contributed by atoms with E-state index in [1.54, 1.807) is 19.1 Å². The molecule has 0 aliphatic carbocycles. The number of hydrogen-bond donors (Lipinski definition) is 1. The van der Waals surface area contributed by atoms with Crippen LogP contribution in [0.2, 0.25) is 0 Å². The third-order valence-electron chi connectivity index (χ3n) is 2.85. The molecule has 0 aliphatic rings. The number of aryl methyl sites for hydroxylation is 1. The van der Waals surface area contributed by atoms with Crippen LogP contribution >= 0.6 is 11.6 Å². The van der Waals surface area contributed by atoms with E-state index in [-0.39, 0.29) is 11.3 Å². The average molecular weight is 391 g/mol. The largest absolute Gasteiger partial charge is 0.416 e. The standard InChI is InChI=1S/C8H4ClF3O.C7H8N2O2.C2H6/c9-7(13)5-2-1-3-6(4-5)8(10,11)12;1-5-2-3-6(8)4-7(5)9(10)11;1-2/h1-4H;2-4H,8H2,1H3;1-2H3. The van der Waals surface area contributed by atoms with Gasteiger partial charge in [0.15, 0.2) is 0 Å². The maximum Gasteiger partial charge on any atom is 0.416 e. The van der Waals surface area contributed by atoms with Crippen LogP contribution in [0.4, 0.5) is 24.5 Å². The van der Waals surface area contributed by atoms with Crippen molar-refractivity contribution in [1.82, 2.24) is 0 Å². The van der Waals surface area contributed by atoms with E-state index < -0.39 is 21.9 Å². The molecule has 0 unspecified atom stereocenters. The molecule has 0 atom stereocenters. The number of nitrogen functional groups attached to an aromatic ring is 1. The Morgan fingerprint density at radius 1 is 1.15 bits per heavy atom. The van der Waals surface area contributed by atoms with Crippen LogP contribution in [0, 0.1) is 17.0 Å². The van der Waals surface area contributed by atoms with Crippen LogP contribution in [-0.4, -0.2) is 10.2 Å². The van der Waals surface area contributed by atoms with Gasteiger partial charge >= 0.3 is 6.18 Å². The summed E-state index contributed by atoms with van der Waals surface area (Å²) < 4.78 is 36.2. The Morgan fingerprint density at radius 2 is 1.73 bits per heavy atom. The van der Waals surface area contributed by atoms with E-state index in [4.69, 9.17) is 17.3 Å². The average Bonchev–Trinajstić information content (AvgIpc) is 2.58. The van der Waals surface area contributed by atoms with E-state index in [1.165, 1.54) is 12.1 Å². The minimum absolute atomic E-state index is 0.0741. The molecular formula is C17H18ClF3N2O3. The van der Waals surface area contributed by atoms with E-state index in [1.807, 2.05) is 13.8 Å². The summed E-state index contributed by atoms with van der Waals surface area (Å²) in [7, 11) is 0. The second-order valence-electron chi connectivity index (χ2n) is 4.66. The van der Waals surface area contributed by atoms with Gasteiger partial charge in [-0.15, -0.1) is 0 Å². The van der Waals surface area contributed by atoms with Gasteiger partial charge in [0.1, 0.15) is 0 Å². The van der Waals surface area contributed by atoms with Crippen LogP contribution in [0.3, 0.4) is 0 Å². The van der Waals surface area contributed by atoms with Gasteiger partial charge in [-0.25, -0.2) is 0 Å². The second kappa shape index (κ2) is 10.4. The number of rotatable bonds is 2. The highest BCUT2D eigenvalue weighted by molar-refractivity contribution is 6.67. The molecular weight excluding hydrogens is 373 g/mol.